The SMILES string of the molecule is COc1c(C(=O)/C=C/c2ccccc2)c(OCc2ccccc2)c(OC)c2occc12. The summed E-state index contributed by atoms with van der Waals surface area (Å²) in [7, 11) is 3.04. The van der Waals surface area contributed by atoms with Crippen molar-refractivity contribution in [1.29, 1.82) is 0 Å². The van der Waals surface area contributed by atoms with Gasteiger partial charge in [0.05, 0.1) is 25.9 Å². The van der Waals surface area contributed by atoms with Gasteiger partial charge in [0.1, 0.15) is 17.9 Å². The van der Waals surface area contributed by atoms with Crippen LogP contribution < -0.4 is 14.2 Å². The average molecular weight is 414 g/mol. The third kappa shape index (κ3) is 4.16. The molecule has 0 saturated heterocycles. The first-order chi connectivity index (χ1) is 15.2. The molecule has 0 aliphatic heterocycles. The van der Waals surface area contributed by atoms with Crippen LogP contribution in [-0.2, 0) is 6.61 Å². The molecular weight excluding hydrogens is 392 g/mol. The zero-order valence-corrected chi connectivity index (χ0v) is 17.3. The van der Waals surface area contributed by atoms with E-state index in [1.165, 1.54) is 26.6 Å². The van der Waals surface area contributed by atoms with Gasteiger partial charge < -0.3 is 18.6 Å². The fourth-order valence-electron chi connectivity index (χ4n) is 3.43. The first-order valence-electron chi connectivity index (χ1n) is 9.82. The summed E-state index contributed by atoms with van der Waals surface area (Å²) in [5.41, 5.74) is 2.63. The van der Waals surface area contributed by atoms with Crippen LogP contribution in [0.5, 0.6) is 17.2 Å². The van der Waals surface area contributed by atoms with E-state index in [1.54, 1.807) is 12.1 Å². The van der Waals surface area contributed by atoms with Crippen LogP contribution in [0.1, 0.15) is 21.5 Å². The molecule has 0 fully saturated rings. The van der Waals surface area contributed by atoms with Crippen molar-refractivity contribution < 1.29 is 23.4 Å². The van der Waals surface area contributed by atoms with E-state index in [-0.39, 0.29) is 23.7 Å². The number of hydrogen-bond donors (Lipinski definition) is 0. The molecule has 0 unspecified atom stereocenters. The normalized spacial score (nSPS) is 11.0. The average Bonchev–Trinajstić information content (AvgIpc) is 3.30. The molecule has 3 aromatic carbocycles. The molecule has 0 bridgehead atoms. The predicted octanol–water partition coefficient (Wildman–Crippen LogP) is 5.93. The molecule has 0 amide bonds. The van der Waals surface area contributed by atoms with Gasteiger partial charge in [-0.25, -0.2) is 0 Å². The number of benzene rings is 3. The van der Waals surface area contributed by atoms with Gasteiger partial charge in [0.2, 0.25) is 5.75 Å². The van der Waals surface area contributed by atoms with Crippen molar-refractivity contribution in [1.82, 2.24) is 0 Å². The van der Waals surface area contributed by atoms with Crippen molar-refractivity contribution in [2.75, 3.05) is 14.2 Å². The minimum atomic E-state index is -0.259. The summed E-state index contributed by atoms with van der Waals surface area (Å²) in [6.45, 7) is 0.259. The number of rotatable bonds is 8. The van der Waals surface area contributed by atoms with E-state index in [9.17, 15) is 4.79 Å². The number of fused-ring (bicyclic) bond motifs is 1. The van der Waals surface area contributed by atoms with Crippen molar-refractivity contribution in [3.8, 4) is 17.2 Å². The maximum atomic E-state index is 13.3. The van der Waals surface area contributed by atoms with Crippen molar-refractivity contribution in [2.45, 2.75) is 6.61 Å². The second kappa shape index (κ2) is 9.22. The smallest absolute Gasteiger partial charge is 0.205 e. The molecule has 0 N–H and O–H groups in total. The van der Waals surface area contributed by atoms with Crippen LogP contribution in [0.15, 0.2) is 83.5 Å². The summed E-state index contributed by atoms with van der Waals surface area (Å²) in [6.07, 6.45) is 4.80. The van der Waals surface area contributed by atoms with Gasteiger partial charge in [0.15, 0.2) is 17.1 Å². The Labute approximate surface area is 180 Å². The number of carbonyl (C=O) groups excluding carboxylic acids is 1. The number of allylic oxidation sites excluding steroid dienone is 1. The highest BCUT2D eigenvalue weighted by molar-refractivity contribution is 6.15. The Hall–Kier alpha value is -3.99. The number of ether oxygens (including phenoxy) is 3. The number of hydrogen-bond acceptors (Lipinski definition) is 5. The lowest BCUT2D eigenvalue weighted by Crippen LogP contribution is -2.07. The molecule has 4 aromatic rings. The number of carbonyl (C=O) groups is 1. The summed E-state index contributed by atoms with van der Waals surface area (Å²) in [5.74, 6) is 0.766. The van der Waals surface area contributed by atoms with Crippen LogP contribution in [0, 0.1) is 0 Å². The van der Waals surface area contributed by atoms with Gasteiger partial charge in [-0.3, -0.25) is 4.79 Å². The lowest BCUT2D eigenvalue weighted by molar-refractivity contribution is 0.104. The molecule has 31 heavy (non-hydrogen) atoms. The third-order valence-electron chi connectivity index (χ3n) is 4.88. The van der Waals surface area contributed by atoms with Crippen molar-refractivity contribution in [3.05, 3.63) is 95.8 Å². The van der Waals surface area contributed by atoms with E-state index in [2.05, 4.69) is 0 Å². The van der Waals surface area contributed by atoms with Crippen molar-refractivity contribution >= 4 is 22.8 Å². The van der Waals surface area contributed by atoms with Gasteiger partial charge in [-0.05, 0) is 23.3 Å². The molecule has 0 aliphatic carbocycles. The highest BCUT2D eigenvalue weighted by Crippen LogP contribution is 2.47. The number of furan rings is 1. The van der Waals surface area contributed by atoms with E-state index in [0.29, 0.717) is 22.5 Å². The summed E-state index contributed by atoms with van der Waals surface area (Å²) in [5, 5.41) is 0.642. The highest BCUT2D eigenvalue weighted by atomic mass is 16.5. The summed E-state index contributed by atoms with van der Waals surface area (Å²) in [6, 6.07) is 21.1. The van der Waals surface area contributed by atoms with E-state index in [1.807, 2.05) is 60.7 Å². The zero-order chi connectivity index (χ0) is 21.6. The Bertz CT molecular complexity index is 1210. The largest absolute Gasteiger partial charge is 0.495 e. The molecule has 0 radical (unpaired) electrons. The molecule has 5 nitrogen and oxygen atoms in total. The lowest BCUT2D eigenvalue weighted by Gasteiger charge is -2.17. The molecule has 0 atom stereocenters. The Morgan fingerprint density at radius 3 is 2.23 bits per heavy atom. The Kier molecular flexibility index (Phi) is 6.03. The molecule has 156 valence electrons. The summed E-state index contributed by atoms with van der Waals surface area (Å²) >= 11 is 0. The summed E-state index contributed by atoms with van der Waals surface area (Å²) in [4.78, 5) is 13.3. The summed E-state index contributed by atoms with van der Waals surface area (Å²) < 4.78 is 23.0. The van der Waals surface area contributed by atoms with Gasteiger partial charge in [0.25, 0.3) is 0 Å². The second-order valence-electron chi connectivity index (χ2n) is 6.82. The van der Waals surface area contributed by atoms with Crippen LogP contribution >= 0.6 is 0 Å². The van der Waals surface area contributed by atoms with Crippen LogP contribution in [0.2, 0.25) is 0 Å². The topological polar surface area (TPSA) is 57.9 Å². The van der Waals surface area contributed by atoms with Gasteiger partial charge in [0, 0.05) is 0 Å². The minimum Gasteiger partial charge on any atom is -0.495 e. The van der Waals surface area contributed by atoms with Crippen LogP contribution in [0.4, 0.5) is 0 Å². The molecular formula is C26H22O5. The van der Waals surface area contributed by atoms with E-state index in [0.717, 1.165) is 11.1 Å². The standard InChI is InChI=1S/C26H22O5/c1-28-23-20-15-16-30-24(20)26(29-2)25(31-17-19-11-7-4-8-12-19)22(23)21(27)14-13-18-9-5-3-6-10-18/h3-16H,17H2,1-2H3/b14-13+. The van der Waals surface area contributed by atoms with E-state index < -0.39 is 0 Å². The van der Waals surface area contributed by atoms with Gasteiger partial charge in [-0.15, -0.1) is 0 Å². The molecule has 0 spiro atoms. The Balaban J connectivity index is 1.82. The molecule has 1 aromatic heterocycles. The zero-order valence-electron chi connectivity index (χ0n) is 17.3. The molecule has 5 heteroatoms. The number of methoxy groups -OCH3 is 2. The quantitative estimate of drug-likeness (QED) is 0.264. The van der Waals surface area contributed by atoms with Crippen molar-refractivity contribution in [2.24, 2.45) is 0 Å². The molecule has 0 saturated carbocycles. The maximum Gasteiger partial charge on any atom is 0.205 e. The van der Waals surface area contributed by atoms with Gasteiger partial charge >= 0.3 is 0 Å². The van der Waals surface area contributed by atoms with Gasteiger partial charge in [-0.2, -0.15) is 0 Å². The van der Waals surface area contributed by atoms with Crippen LogP contribution in [0.3, 0.4) is 0 Å². The molecule has 0 aliphatic rings. The van der Waals surface area contributed by atoms with Crippen LogP contribution in [0.25, 0.3) is 17.0 Å². The first-order valence-corrected chi connectivity index (χ1v) is 9.82. The van der Waals surface area contributed by atoms with E-state index in [4.69, 9.17) is 18.6 Å². The Morgan fingerprint density at radius 1 is 0.871 bits per heavy atom. The fourth-order valence-corrected chi connectivity index (χ4v) is 3.43. The van der Waals surface area contributed by atoms with Crippen LogP contribution in [-0.4, -0.2) is 20.0 Å². The monoisotopic (exact) mass is 414 g/mol. The van der Waals surface area contributed by atoms with E-state index >= 15 is 0 Å². The first kappa shape index (κ1) is 20.3. The maximum absolute atomic E-state index is 13.3. The molecule has 1 heterocycles. The molecule has 4 rings (SSSR count). The third-order valence-corrected chi connectivity index (χ3v) is 4.88. The number of ketones is 1. The Morgan fingerprint density at radius 2 is 1.55 bits per heavy atom. The second-order valence-corrected chi connectivity index (χ2v) is 6.82. The predicted molar refractivity (Wildman–Crippen MR) is 120 cm³/mol. The lowest BCUT2D eigenvalue weighted by atomic mass is 10.0. The van der Waals surface area contributed by atoms with Gasteiger partial charge in [-0.1, -0.05) is 66.7 Å². The minimum absolute atomic E-state index is 0.259. The highest BCUT2D eigenvalue weighted by Gasteiger charge is 2.28. The van der Waals surface area contributed by atoms with Crippen molar-refractivity contribution in [3.63, 3.8) is 0 Å². The fraction of sp³-hybridized carbons (Fsp3) is 0.115.